The third-order valence-corrected chi connectivity index (χ3v) is 2.31. The molecule has 1 aromatic carbocycles. The fourth-order valence-corrected chi connectivity index (χ4v) is 1.61. The van der Waals surface area contributed by atoms with Crippen LogP contribution in [-0.2, 0) is 4.84 Å². The minimum absolute atomic E-state index is 0.265. The summed E-state index contributed by atoms with van der Waals surface area (Å²) < 4.78 is 0. The quantitative estimate of drug-likeness (QED) is 0.652. The molecule has 0 amide bonds. The number of nitrogens with zero attached hydrogens (tertiary/aromatic N) is 2. The van der Waals surface area contributed by atoms with Gasteiger partial charge in [-0.1, -0.05) is 30.3 Å². The van der Waals surface area contributed by atoms with E-state index in [1.807, 2.05) is 30.3 Å². The molecule has 1 aliphatic rings. The average molecular weight is 186 g/mol. The molecule has 1 aromatic rings. The standard InChI is InChI=1S/C10H11BN2O/c12-8-10(13-11-6-7-14-13)9-4-2-1-3-5-9/h1-5,10-11H,6-7H2. The van der Waals surface area contributed by atoms with Crippen molar-refractivity contribution in [2.24, 2.45) is 0 Å². The smallest absolute Gasteiger partial charge is 0.243 e. The molecule has 0 saturated carbocycles. The largest absolute Gasteiger partial charge is 0.310 e. The Balaban J connectivity index is 2.18. The van der Waals surface area contributed by atoms with Crippen LogP contribution in [0.25, 0.3) is 0 Å². The highest BCUT2D eigenvalue weighted by molar-refractivity contribution is 6.32. The van der Waals surface area contributed by atoms with Crippen LogP contribution in [0.15, 0.2) is 30.3 Å². The summed E-state index contributed by atoms with van der Waals surface area (Å²) >= 11 is 0. The van der Waals surface area contributed by atoms with Gasteiger partial charge < -0.3 is 4.84 Å². The summed E-state index contributed by atoms with van der Waals surface area (Å²) in [5, 5.41) is 9.07. The summed E-state index contributed by atoms with van der Waals surface area (Å²) in [5.41, 5.74) is 0.997. The molecule has 14 heavy (non-hydrogen) atoms. The van der Waals surface area contributed by atoms with Gasteiger partial charge in [-0.2, -0.15) is 5.26 Å². The lowest BCUT2D eigenvalue weighted by atomic mass is 9.88. The lowest BCUT2D eigenvalue weighted by Crippen LogP contribution is -2.25. The highest BCUT2D eigenvalue weighted by atomic mass is 16.7. The molecule has 1 fully saturated rings. The maximum atomic E-state index is 9.07. The molecule has 0 N–H and O–H groups in total. The van der Waals surface area contributed by atoms with E-state index in [4.69, 9.17) is 10.1 Å². The zero-order valence-electron chi connectivity index (χ0n) is 7.89. The molecule has 1 aliphatic heterocycles. The third-order valence-electron chi connectivity index (χ3n) is 2.31. The van der Waals surface area contributed by atoms with E-state index in [2.05, 4.69) is 6.07 Å². The number of rotatable bonds is 2. The van der Waals surface area contributed by atoms with Gasteiger partial charge in [-0.15, -0.1) is 0 Å². The molecule has 1 saturated heterocycles. The number of hydroxylamine groups is 1. The number of nitriles is 1. The molecule has 0 aromatic heterocycles. The fraction of sp³-hybridized carbons (Fsp3) is 0.300. The van der Waals surface area contributed by atoms with Crippen molar-refractivity contribution >= 4 is 7.41 Å². The summed E-state index contributed by atoms with van der Waals surface area (Å²) in [4.78, 5) is 7.13. The SMILES string of the molecule is N#CC(c1ccccc1)N1BCCO1. The molecule has 1 heterocycles. The van der Waals surface area contributed by atoms with Crippen LogP contribution in [0.1, 0.15) is 11.6 Å². The molecule has 2 rings (SSSR count). The second kappa shape index (κ2) is 4.27. The first-order valence-corrected chi connectivity index (χ1v) is 4.76. The first-order valence-electron chi connectivity index (χ1n) is 4.76. The van der Waals surface area contributed by atoms with Gasteiger partial charge in [0.2, 0.25) is 7.41 Å². The minimum atomic E-state index is -0.265. The molecule has 0 spiro atoms. The lowest BCUT2D eigenvalue weighted by Gasteiger charge is -2.20. The van der Waals surface area contributed by atoms with Crippen LogP contribution in [0.5, 0.6) is 0 Å². The Labute approximate surface area is 84.1 Å². The van der Waals surface area contributed by atoms with Crippen molar-refractivity contribution in [2.45, 2.75) is 12.4 Å². The van der Waals surface area contributed by atoms with Crippen LogP contribution < -0.4 is 0 Å². The average Bonchev–Trinajstić information content (AvgIpc) is 2.74. The number of benzene rings is 1. The maximum absolute atomic E-state index is 9.07. The predicted octanol–water partition coefficient (Wildman–Crippen LogP) is 1.27. The Morgan fingerprint density at radius 3 is 2.79 bits per heavy atom. The van der Waals surface area contributed by atoms with Crippen molar-refractivity contribution in [3.05, 3.63) is 35.9 Å². The Bertz CT molecular complexity index is 330. The first kappa shape index (κ1) is 9.26. The highest BCUT2D eigenvalue weighted by Gasteiger charge is 2.24. The summed E-state index contributed by atoms with van der Waals surface area (Å²) in [7, 11) is 0.840. The van der Waals surface area contributed by atoms with Crippen LogP contribution >= 0.6 is 0 Å². The summed E-state index contributed by atoms with van der Waals surface area (Å²) in [6.07, 6.45) is 1.00. The molecular weight excluding hydrogens is 175 g/mol. The molecule has 3 nitrogen and oxygen atoms in total. The van der Waals surface area contributed by atoms with Crippen molar-refractivity contribution in [1.29, 1.82) is 5.26 Å². The molecule has 0 aliphatic carbocycles. The zero-order chi connectivity index (χ0) is 9.80. The molecule has 70 valence electrons. The van der Waals surface area contributed by atoms with Gasteiger partial charge in [0.15, 0.2) is 0 Å². The van der Waals surface area contributed by atoms with Gasteiger partial charge in [0.1, 0.15) is 6.04 Å². The van der Waals surface area contributed by atoms with Crippen LogP contribution in [0.4, 0.5) is 0 Å². The Morgan fingerprint density at radius 1 is 1.43 bits per heavy atom. The van der Waals surface area contributed by atoms with Gasteiger partial charge in [-0.05, 0) is 11.9 Å². The highest BCUT2D eigenvalue weighted by Crippen LogP contribution is 2.22. The van der Waals surface area contributed by atoms with Gasteiger partial charge in [-0.25, -0.2) is 4.97 Å². The van der Waals surface area contributed by atoms with Crippen molar-refractivity contribution < 1.29 is 4.84 Å². The summed E-state index contributed by atoms with van der Waals surface area (Å²) in [5.74, 6) is 0. The van der Waals surface area contributed by atoms with Crippen molar-refractivity contribution in [1.82, 2.24) is 4.97 Å². The van der Waals surface area contributed by atoms with E-state index in [1.165, 1.54) is 0 Å². The van der Waals surface area contributed by atoms with Crippen molar-refractivity contribution in [3.8, 4) is 6.07 Å². The van der Waals surface area contributed by atoms with E-state index < -0.39 is 0 Å². The maximum Gasteiger partial charge on any atom is 0.243 e. The topological polar surface area (TPSA) is 36.3 Å². The van der Waals surface area contributed by atoms with Crippen molar-refractivity contribution in [3.63, 3.8) is 0 Å². The van der Waals surface area contributed by atoms with E-state index in [-0.39, 0.29) is 6.04 Å². The third kappa shape index (κ3) is 1.79. The van der Waals surface area contributed by atoms with Crippen molar-refractivity contribution in [2.75, 3.05) is 6.61 Å². The van der Waals surface area contributed by atoms with E-state index in [1.54, 1.807) is 4.97 Å². The molecule has 1 unspecified atom stereocenters. The Morgan fingerprint density at radius 2 is 2.21 bits per heavy atom. The lowest BCUT2D eigenvalue weighted by molar-refractivity contribution is -0.0784. The molecular formula is C10H11BN2O. The van der Waals surface area contributed by atoms with Gasteiger partial charge in [-0.3, -0.25) is 0 Å². The van der Waals surface area contributed by atoms with E-state index >= 15 is 0 Å². The van der Waals surface area contributed by atoms with Crippen LogP contribution in [-0.4, -0.2) is 19.0 Å². The van der Waals surface area contributed by atoms with E-state index in [9.17, 15) is 0 Å². The van der Waals surface area contributed by atoms with Crippen LogP contribution in [0, 0.1) is 11.3 Å². The molecule has 4 heteroatoms. The summed E-state index contributed by atoms with van der Waals surface area (Å²) in [6.45, 7) is 0.727. The second-order valence-corrected chi connectivity index (χ2v) is 3.27. The Hall–Kier alpha value is -1.31. The number of hydrogen-bond acceptors (Lipinski definition) is 3. The molecule has 0 bridgehead atoms. The molecule has 1 atom stereocenters. The summed E-state index contributed by atoms with van der Waals surface area (Å²) in [6, 6.07) is 11.7. The Kier molecular flexibility index (Phi) is 2.83. The van der Waals surface area contributed by atoms with Gasteiger partial charge in [0.05, 0.1) is 12.7 Å². The van der Waals surface area contributed by atoms with Crippen LogP contribution in [0.3, 0.4) is 0 Å². The zero-order valence-corrected chi connectivity index (χ0v) is 7.89. The minimum Gasteiger partial charge on any atom is -0.310 e. The molecule has 0 radical (unpaired) electrons. The van der Waals surface area contributed by atoms with Gasteiger partial charge in [0, 0.05) is 0 Å². The normalized spacial score (nSPS) is 18.5. The second-order valence-electron chi connectivity index (χ2n) is 3.27. The first-order chi connectivity index (χ1) is 6.92. The van der Waals surface area contributed by atoms with Crippen LogP contribution in [0.2, 0.25) is 6.32 Å². The van der Waals surface area contributed by atoms with E-state index in [0.717, 1.165) is 25.9 Å². The fourth-order valence-electron chi connectivity index (χ4n) is 1.61. The van der Waals surface area contributed by atoms with Gasteiger partial charge >= 0.3 is 0 Å². The van der Waals surface area contributed by atoms with Gasteiger partial charge in [0.25, 0.3) is 0 Å². The monoisotopic (exact) mass is 186 g/mol. The predicted molar refractivity (Wildman–Crippen MR) is 54.5 cm³/mol. The van der Waals surface area contributed by atoms with E-state index in [0.29, 0.717) is 0 Å². The number of hydrogen-bond donors (Lipinski definition) is 0.